The van der Waals surface area contributed by atoms with Crippen molar-refractivity contribution >= 4 is 40.8 Å². The van der Waals surface area contributed by atoms with Gasteiger partial charge in [-0.2, -0.15) is 0 Å². The molecule has 0 aliphatic carbocycles. The standard InChI is InChI=1S/C29H29ClN6OS/c1-21-17-27(36-15-13-35(14-16-36)26-8-3-2-7-25(26)30)34-29(33-21)38-20-23-5-4-6-24(18-23)28(37)32-19-22-9-11-31-12-10-22/h2-12,17-18H,13-16,19-20H2,1H3,(H,32,37). The first-order chi connectivity index (χ1) is 18.5. The Morgan fingerprint density at radius 2 is 1.68 bits per heavy atom. The van der Waals surface area contributed by atoms with Crippen molar-refractivity contribution < 1.29 is 4.79 Å². The first-order valence-electron chi connectivity index (χ1n) is 12.5. The molecule has 0 unspecified atom stereocenters. The first-order valence-corrected chi connectivity index (χ1v) is 13.9. The average Bonchev–Trinajstić information content (AvgIpc) is 2.96. The summed E-state index contributed by atoms with van der Waals surface area (Å²) in [7, 11) is 0. The molecule has 194 valence electrons. The number of aryl methyl sites for hydroxylation is 1. The number of piperazine rings is 1. The van der Waals surface area contributed by atoms with E-state index in [1.165, 1.54) is 0 Å². The van der Waals surface area contributed by atoms with Gasteiger partial charge < -0.3 is 15.1 Å². The maximum atomic E-state index is 12.7. The number of nitrogens with zero attached hydrogens (tertiary/aromatic N) is 5. The second-order valence-corrected chi connectivity index (χ2v) is 10.5. The van der Waals surface area contributed by atoms with Gasteiger partial charge in [0.05, 0.1) is 10.7 Å². The van der Waals surface area contributed by atoms with Crippen molar-refractivity contribution in [2.45, 2.75) is 24.4 Å². The molecule has 1 aliphatic heterocycles. The zero-order valence-corrected chi connectivity index (χ0v) is 22.8. The minimum Gasteiger partial charge on any atom is -0.367 e. The average molecular weight is 545 g/mol. The van der Waals surface area contributed by atoms with Crippen LogP contribution in [0.15, 0.2) is 84.3 Å². The Hall–Kier alpha value is -3.62. The Bertz CT molecular complexity index is 1390. The van der Waals surface area contributed by atoms with Crippen LogP contribution in [0, 0.1) is 6.92 Å². The van der Waals surface area contributed by atoms with Gasteiger partial charge in [-0.25, -0.2) is 9.97 Å². The Morgan fingerprint density at radius 1 is 0.921 bits per heavy atom. The van der Waals surface area contributed by atoms with Crippen LogP contribution in [0.25, 0.3) is 0 Å². The highest BCUT2D eigenvalue weighted by atomic mass is 35.5. The highest BCUT2D eigenvalue weighted by molar-refractivity contribution is 7.98. The molecule has 1 N–H and O–H groups in total. The van der Waals surface area contributed by atoms with Gasteiger partial charge in [-0.15, -0.1) is 0 Å². The monoisotopic (exact) mass is 544 g/mol. The molecule has 38 heavy (non-hydrogen) atoms. The zero-order valence-electron chi connectivity index (χ0n) is 21.2. The summed E-state index contributed by atoms with van der Waals surface area (Å²) in [5, 5.41) is 4.49. The topological polar surface area (TPSA) is 74.2 Å². The van der Waals surface area contributed by atoms with E-state index in [-0.39, 0.29) is 5.91 Å². The molecule has 3 heterocycles. The summed E-state index contributed by atoms with van der Waals surface area (Å²) in [6.07, 6.45) is 3.44. The SMILES string of the molecule is Cc1cc(N2CCN(c3ccccc3Cl)CC2)nc(SCc2cccc(C(=O)NCc3ccncc3)c2)n1. The number of anilines is 2. The summed E-state index contributed by atoms with van der Waals surface area (Å²) in [5.74, 6) is 1.52. The van der Waals surface area contributed by atoms with Gasteiger partial charge in [-0.1, -0.05) is 47.6 Å². The molecule has 0 saturated carbocycles. The molecule has 9 heteroatoms. The summed E-state index contributed by atoms with van der Waals surface area (Å²) in [4.78, 5) is 30.8. The van der Waals surface area contributed by atoms with Gasteiger partial charge in [0.1, 0.15) is 5.82 Å². The molecule has 7 nitrogen and oxygen atoms in total. The number of nitrogens with one attached hydrogen (secondary N) is 1. The van der Waals surface area contributed by atoms with E-state index in [1.807, 2.05) is 67.6 Å². The van der Waals surface area contributed by atoms with E-state index in [4.69, 9.17) is 16.6 Å². The van der Waals surface area contributed by atoms with Gasteiger partial charge in [0.2, 0.25) is 0 Å². The molecule has 5 rings (SSSR count). The van der Waals surface area contributed by atoms with Gasteiger partial charge >= 0.3 is 0 Å². The highest BCUT2D eigenvalue weighted by Crippen LogP contribution is 2.28. The van der Waals surface area contributed by atoms with Gasteiger partial charge in [0.25, 0.3) is 5.91 Å². The minimum atomic E-state index is -0.0984. The lowest BCUT2D eigenvalue weighted by atomic mass is 10.1. The molecule has 4 aromatic rings. The van der Waals surface area contributed by atoms with Crippen molar-refractivity contribution in [2.24, 2.45) is 0 Å². The molecule has 0 radical (unpaired) electrons. The number of pyridine rings is 1. The van der Waals surface area contributed by atoms with Crippen LogP contribution in [-0.2, 0) is 12.3 Å². The lowest BCUT2D eigenvalue weighted by Crippen LogP contribution is -2.47. The largest absolute Gasteiger partial charge is 0.367 e. The fourth-order valence-corrected chi connectivity index (χ4v) is 5.47. The number of amides is 1. The Kier molecular flexibility index (Phi) is 8.41. The third-order valence-corrected chi connectivity index (χ3v) is 7.61. The van der Waals surface area contributed by atoms with E-state index in [0.717, 1.165) is 64.7 Å². The predicted molar refractivity (Wildman–Crippen MR) is 154 cm³/mol. The fourth-order valence-electron chi connectivity index (χ4n) is 4.37. The van der Waals surface area contributed by atoms with E-state index < -0.39 is 0 Å². The van der Waals surface area contributed by atoms with Crippen LogP contribution in [-0.4, -0.2) is 47.0 Å². The number of halogens is 1. The number of rotatable bonds is 8. The van der Waals surface area contributed by atoms with Gasteiger partial charge in [-0.05, 0) is 54.4 Å². The summed E-state index contributed by atoms with van der Waals surface area (Å²) in [6, 6.07) is 21.5. The second kappa shape index (κ2) is 12.3. The molecule has 2 aromatic carbocycles. The number of carbonyl (C=O) groups excluding carboxylic acids is 1. The van der Waals surface area contributed by atoms with Crippen LogP contribution in [0.5, 0.6) is 0 Å². The summed E-state index contributed by atoms with van der Waals surface area (Å²) in [6.45, 7) is 5.96. The molecule has 0 atom stereocenters. The van der Waals surface area contributed by atoms with Crippen LogP contribution >= 0.6 is 23.4 Å². The quantitative estimate of drug-likeness (QED) is 0.236. The van der Waals surface area contributed by atoms with E-state index in [0.29, 0.717) is 17.9 Å². The number of thioether (sulfide) groups is 1. The molecule has 1 saturated heterocycles. The Labute approximate surface area is 232 Å². The van der Waals surface area contributed by atoms with Gasteiger partial charge in [0, 0.05) is 68.2 Å². The van der Waals surface area contributed by atoms with Crippen molar-refractivity contribution in [1.29, 1.82) is 0 Å². The van der Waals surface area contributed by atoms with E-state index in [9.17, 15) is 4.79 Å². The number of aromatic nitrogens is 3. The van der Waals surface area contributed by atoms with Crippen LogP contribution in [0.2, 0.25) is 5.02 Å². The third-order valence-electron chi connectivity index (χ3n) is 6.38. The molecule has 1 fully saturated rings. The van der Waals surface area contributed by atoms with Gasteiger partial charge in [-0.3, -0.25) is 9.78 Å². The molecular formula is C29H29ClN6OS. The first kappa shape index (κ1) is 26.0. The van der Waals surface area contributed by atoms with E-state index >= 15 is 0 Å². The van der Waals surface area contributed by atoms with Crippen LogP contribution in [0.4, 0.5) is 11.5 Å². The maximum Gasteiger partial charge on any atom is 0.251 e. The maximum absolute atomic E-state index is 12.7. The normalized spacial score (nSPS) is 13.4. The highest BCUT2D eigenvalue weighted by Gasteiger charge is 2.20. The summed E-state index contributed by atoms with van der Waals surface area (Å²) in [5.41, 5.74) is 4.72. The Balaban J connectivity index is 1.19. The zero-order chi connectivity index (χ0) is 26.3. The number of carbonyl (C=O) groups is 1. The number of hydrogen-bond acceptors (Lipinski definition) is 7. The smallest absolute Gasteiger partial charge is 0.251 e. The Morgan fingerprint density at radius 3 is 2.47 bits per heavy atom. The molecule has 0 bridgehead atoms. The minimum absolute atomic E-state index is 0.0984. The summed E-state index contributed by atoms with van der Waals surface area (Å²) >= 11 is 7.98. The lowest BCUT2D eigenvalue weighted by molar-refractivity contribution is 0.0951. The van der Waals surface area contributed by atoms with Crippen molar-refractivity contribution in [1.82, 2.24) is 20.3 Å². The van der Waals surface area contributed by atoms with Crippen LogP contribution in [0.3, 0.4) is 0 Å². The number of hydrogen-bond donors (Lipinski definition) is 1. The number of para-hydroxylation sites is 1. The van der Waals surface area contributed by atoms with E-state index in [2.05, 4.69) is 31.2 Å². The molecule has 1 amide bonds. The summed E-state index contributed by atoms with van der Waals surface area (Å²) < 4.78 is 0. The predicted octanol–water partition coefficient (Wildman–Crippen LogP) is 5.38. The lowest BCUT2D eigenvalue weighted by Gasteiger charge is -2.37. The third kappa shape index (κ3) is 6.62. The van der Waals surface area contributed by atoms with Crippen LogP contribution in [0.1, 0.15) is 27.2 Å². The van der Waals surface area contributed by atoms with Crippen molar-refractivity contribution in [2.75, 3.05) is 36.0 Å². The molecule has 0 spiro atoms. The van der Waals surface area contributed by atoms with Crippen LogP contribution < -0.4 is 15.1 Å². The molecule has 1 aliphatic rings. The van der Waals surface area contributed by atoms with Crippen molar-refractivity contribution in [3.05, 3.63) is 107 Å². The molecular weight excluding hydrogens is 516 g/mol. The molecule has 2 aromatic heterocycles. The second-order valence-electron chi connectivity index (χ2n) is 9.10. The van der Waals surface area contributed by atoms with E-state index in [1.54, 1.807) is 24.2 Å². The van der Waals surface area contributed by atoms with Crippen molar-refractivity contribution in [3.63, 3.8) is 0 Å². The van der Waals surface area contributed by atoms with Crippen molar-refractivity contribution in [3.8, 4) is 0 Å². The van der Waals surface area contributed by atoms with Gasteiger partial charge in [0.15, 0.2) is 5.16 Å². The fraction of sp³-hybridized carbons (Fsp3) is 0.241. The number of benzene rings is 2.